The van der Waals surface area contributed by atoms with Gasteiger partial charge in [-0.3, -0.25) is 10.2 Å². The quantitative estimate of drug-likeness (QED) is 0.457. The maximum absolute atomic E-state index is 11.6. The van der Waals surface area contributed by atoms with Crippen molar-refractivity contribution in [2.45, 2.75) is 26.9 Å². The fourth-order valence-electron chi connectivity index (χ4n) is 1.53. The average Bonchev–Trinajstić information content (AvgIpc) is 2.36. The second kappa shape index (κ2) is 6.86. The van der Waals surface area contributed by atoms with E-state index >= 15 is 0 Å². The van der Waals surface area contributed by atoms with Crippen LogP contribution in [0.2, 0.25) is 0 Å². The number of para-hydroxylation sites is 2. The number of amides is 1. The summed E-state index contributed by atoms with van der Waals surface area (Å²) in [6.45, 7) is 6.21. The fraction of sp³-hybridized carbons (Fsp3) is 0.462. The third-order valence-electron chi connectivity index (χ3n) is 2.41. The normalized spacial score (nSPS) is 12.1. The van der Waals surface area contributed by atoms with Gasteiger partial charge in [-0.05, 0) is 25.0 Å². The minimum Gasteiger partial charge on any atom is -0.490 e. The molecule has 1 aromatic carbocycles. The molecule has 1 atom stereocenters. The molecule has 0 aliphatic carbocycles. The zero-order chi connectivity index (χ0) is 13.5. The Morgan fingerprint density at radius 1 is 1.33 bits per heavy atom. The van der Waals surface area contributed by atoms with Gasteiger partial charge in [-0.1, -0.05) is 26.0 Å². The van der Waals surface area contributed by atoms with E-state index in [9.17, 15) is 4.79 Å². The Morgan fingerprint density at radius 3 is 2.44 bits per heavy atom. The Balaban J connectivity index is 2.89. The molecule has 5 heteroatoms. The van der Waals surface area contributed by atoms with Crippen molar-refractivity contribution in [3.63, 3.8) is 0 Å². The molecule has 0 saturated carbocycles. The van der Waals surface area contributed by atoms with Crippen LogP contribution in [0.15, 0.2) is 24.3 Å². The first-order valence-electron chi connectivity index (χ1n) is 5.99. The summed E-state index contributed by atoms with van der Waals surface area (Å²) in [7, 11) is 0. The van der Waals surface area contributed by atoms with Gasteiger partial charge in [0.15, 0.2) is 17.6 Å². The highest BCUT2D eigenvalue weighted by Crippen LogP contribution is 2.28. The van der Waals surface area contributed by atoms with E-state index in [1.807, 2.05) is 32.9 Å². The Hall–Kier alpha value is -1.75. The molecule has 0 fully saturated rings. The van der Waals surface area contributed by atoms with Gasteiger partial charge in [0.1, 0.15) is 0 Å². The predicted molar refractivity (Wildman–Crippen MR) is 69.2 cm³/mol. The van der Waals surface area contributed by atoms with E-state index in [-0.39, 0.29) is 11.8 Å². The van der Waals surface area contributed by atoms with Crippen LogP contribution in [0.4, 0.5) is 0 Å². The number of ether oxygens (including phenoxy) is 2. The summed E-state index contributed by atoms with van der Waals surface area (Å²) in [5, 5.41) is 0. The summed E-state index contributed by atoms with van der Waals surface area (Å²) < 4.78 is 11.1. The molecule has 0 aliphatic rings. The van der Waals surface area contributed by atoms with E-state index in [1.165, 1.54) is 0 Å². The molecule has 0 aliphatic heterocycles. The highest BCUT2D eigenvalue weighted by Gasteiger charge is 2.24. The van der Waals surface area contributed by atoms with E-state index in [0.717, 1.165) is 0 Å². The molecular weight excluding hydrogens is 232 g/mol. The van der Waals surface area contributed by atoms with Crippen molar-refractivity contribution in [3.05, 3.63) is 24.3 Å². The molecule has 100 valence electrons. The lowest BCUT2D eigenvalue weighted by atomic mass is 10.1. The Labute approximate surface area is 107 Å². The molecule has 0 heterocycles. The Kier molecular flexibility index (Phi) is 5.45. The van der Waals surface area contributed by atoms with Gasteiger partial charge in [0, 0.05) is 0 Å². The van der Waals surface area contributed by atoms with Crippen molar-refractivity contribution in [2.75, 3.05) is 6.61 Å². The van der Waals surface area contributed by atoms with Crippen LogP contribution in [-0.4, -0.2) is 18.6 Å². The number of carbonyl (C=O) groups is 1. The predicted octanol–water partition coefficient (Wildman–Crippen LogP) is 1.48. The first-order chi connectivity index (χ1) is 8.60. The summed E-state index contributed by atoms with van der Waals surface area (Å²) in [6.07, 6.45) is -0.642. The van der Waals surface area contributed by atoms with Crippen molar-refractivity contribution in [1.29, 1.82) is 0 Å². The maximum Gasteiger partial charge on any atom is 0.275 e. The maximum atomic E-state index is 11.6. The SMILES string of the molecule is CCOc1ccccc1OC(C(=O)NN)C(C)C. The van der Waals surface area contributed by atoms with Gasteiger partial charge in [0.05, 0.1) is 6.61 Å². The van der Waals surface area contributed by atoms with Gasteiger partial charge in [0.25, 0.3) is 5.91 Å². The number of hydrogen-bond acceptors (Lipinski definition) is 4. The van der Waals surface area contributed by atoms with Crippen molar-refractivity contribution >= 4 is 5.91 Å². The van der Waals surface area contributed by atoms with Crippen molar-refractivity contribution in [2.24, 2.45) is 11.8 Å². The highest BCUT2D eigenvalue weighted by atomic mass is 16.5. The van der Waals surface area contributed by atoms with Crippen LogP contribution in [0.25, 0.3) is 0 Å². The second-order valence-corrected chi connectivity index (χ2v) is 4.17. The lowest BCUT2D eigenvalue weighted by Gasteiger charge is -2.22. The Morgan fingerprint density at radius 2 is 1.94 bits per heavy atom. The molecule has 0 bridgehead atoms. The lowest BCUT2D eigenvalue weighted by Crippen LogP contribution is -2.44. The number of hydrazine groups is 1. The molecule has 1 rings (SSSR count). The van der Waals surface area contributed by atoms with Gasteiger partial charge in [-0.2, -0.15) is 0 Å². The van der Waals surface area contributed by atoms with E-state index in [1.54, 1.807) is 12.1 Å². The average molecular weight is 252 g/mol. The molecule has 18 heavy (non-hydrogen) atoms. The van der Waals surface area contributed by atoms with Gasteiger partial charge in [-0.15, -0.1) is 0 Å². The van der Waals surface area contributed by atoms with Crippen molar-refractivity contribution in [3.8, 4) is 11.5 Å². The molecule has 0 saturated heterocycles. The third-order valence-corrected chi connectivity index (χ3v) is 2.41. The summed E-state index contributed by atoms with van der Waals surface area (Å²) in [5.74, 6) is 5.97. The topological polar surface area (TPSA) is 73.6 Å². The smallest absolute Gasteiger partial charge is 0.275 e. The van der Waals surface area contributed by atoms with Crippen LogP contribution in [0.3, 0.4) is 0 Å². The Bertz CT molecular complexity index is 394. The first-order valence-corrected chi connectivity index (χ1v) is 5.99. The van der Waals surface area contributed by atoms with Crippen LogP contribution in [-0.2, 0) is 4.79 Å². The van der Waals surface area contributed by atoms with Gasteiger partial charge < -0.3 is 9.47 Å². The summed E-state index contributed by atoms with van der Waals surface area (Å²) >= 11 is 0. The number of nitrogens with two attached hydrogens (primary N) is 1. The largest absolute Gasteiger partial charge is 0.490 e. The molecule has 1 amide bonds. The van der Waals surface area contributed by atoms with E-state index in [2.05, 4.69) is 5.43 Å². The molecule has 0 spiro atoms. The lowest BCUT2D eigenvalue weighted by molar-refractivity contribution is -0.129. The minimum absolute atomic E-state index is 0.00299. The van der Waals surface area contributed by atoms with Gasteiger partial charge in [0.2, 0.25) is 0 Å². The molecule has 3 N–H and O–H groups in total. The molecular formula is C13H20N2O3. The number of benzene rings is 1. The zero-order valence-electron chi connectivity index (χ0n) is 11.0. The third kappa shape index (κ3) is 3.63. The van der Waals surface area contributed by atoms with Crippen molar-refractivity contribution in [1.82, 2.24) is 5.43 Å². The molecule has 0 radical (unpaired) electrons. The van der Waals surface area contributed by atoms with Gasteiger partial charge >= 0.3 is 0 Å². The monoisotopic (exact) mass is 252 g/mol. The van der Waals surface area contributed by atoms with Crippen LogP contribution >= 0.6 is 0 Å². The van der Waals surface area contributed by atoms with Crippen LogP contribution in [0.1, 0.15) is 20.8 Å². The zero-order valence-corrected chi connectivity index (χ0v) is 11.0. The van der Waals surface area contributed by atoms with Gasteiger partial charge in [-0.25, -0.2) is 5.84 Å². The molecule has 5 nitrogen and oxygen atoms in total. The van der Waals surface area contributed by atoms with Crippen LogP contribution in [0, 0.1) is 5.92 Å². The van der Waals surface area contributed by atoms with Crippen LogP contribution < -0.4 is 20.7 Å². The number of carbonyl (C=O) groups excluding carboxylic acids is 1. The van der Waals surface area contributed by atoms with E-state index in [4.69, 9.17) is 15.3 Å². The van der Waals surface area contributed by atoms with E-state index in [0.29, 0.717) is 18.1 Å². The first kappa shape index (κ1) is 14.3. The van der Waals surface area contributed by atoms with Crippen molar-refractivity contribution < 1.29 is 14.3 Å². The standard InChI is InChI=1S/C13H20N2O3/c1-4-17-10-7-5-6-8-11(10)18-12(9(2)3)13(16)15-14/h5-9,12H,4,14H2,1-3H3,(H,15,16). The van der Waals surface area contributed by atoms with E-state index < -0.39 is 6.10 Å². The highest BCUT2D eigenvalue weighted by molar-refractivity contribution is 5.80. The molecule has 1 aromatic rings. The number of nitrogens with one attached hydrogen (secondary N) is 1. The minimum atomic E-state index is -0.642. The second-order valence-electron chi connectivity index (χ2n) is 4.17. The molecule has 1 unspecified atom stereocenters. The summed E-state index contributed by atoms with van der Waals surface area (Å²) in [5.41, 5.74) is 2.11. The number of hydrogen-bond donors (Lipinski definition) is 2. The van der Waals surface area contributed by atoms with Crippen LogP contribution in [0.5, 0.6) is 11.5 Å². The summed E-state index contributed by atoms with van der Waals surface area (Å²) in [6, 6.07) is 7.25. The fourth-order valence-corrected chi connectivity index (χ4v) is 1.53. The molecule has 0 aromatic heterocycles. The summed E-state index contributed by atoms with van der Waals surface area (Å²) in [4.78, 5) is 11.6. The number of rotatable bonds is 6.